The maximum Gasteiger partial charge on any atom is 0.254 e. The fourth-order valence-electron chi connectivity index (χ4n) is 1.42. The zero-order valence-electron chi connectivity index (χ0n) is 8.58. The van der Waals surface area contributed by atoms with Crippen LogP contribution in [0.15, 0.2) is 29.1 Å². The van der Waals surface area contributed by atoms with Gasteiger partial charge in [0.15, 0.2) is 0 Å². The maximum absolute atomic E-state index is 11.1. The molecule has 0 unspecified atom stereocenters. The van der Waals surface area contributed by atoms with Gasteiger partial charge in [-0.25, -0.2) is 0 Å². The molecule has 0 radical (unpaired) electrons. The van der Waals surface area contributed by atoms with Crippen molar-refractivity contribution >= 4 is 23.2 Å². The molecule has 0 aliphatic heterocycles. The number of nitrogens with one attached hydrogen (secondary N) is 1. The monoisotopic (exact) mass is 270 g/mol. The maximum atomic E-state index is 11.1. The van der Waals surface area contributed by atoms with Crippen LogP contribution in [0.3, 0.4) is 0 Å². The lowest BCUT2D eigenvalue weighted by Gasteiger charge is -2.03. The molecule has 1 heterocycles. The van der Waals surface area contributed by atoms with Crippen LogP contribution in [0.4, 0.5) is 0 Å². The molecule has 0 atom stereocenters. The number of hydrogen-bond donors (Lipinski definition) is 2. The number of H-pyrrole nitrogens is 1. The van der Waals surface area contributed by atoms with Gasteiger partial charge in [-0.2, -0.15) is 4.98 Å². The van der Waals surface area contributed by atoms with Gasteiger partial charge in [0, 0.05) is 6.42 Å². The van der Waals surface area contributed by atoms with E-state index in [0.717, 1.165) is 11.6 Å². The number of benzene rings is 1. The van der Waals surface area contributed by atoms with Crippen LogP contribution in [0.1, 0.15) is 11.4 Å². The first-order valence-electron chi connectivity index (χ1n) is 4.78. The first-order chi connectivity index (χ1) is 8.04. The third kappa shape index (κ3) is 2.99. The number of aromatic hydroxyl groups is 1. The van der Waals surface area contributed by atoms with Gasteiger partial charge in [0.2, 0.25) is 5.88 Å². The first kappa shape index (κ1) is 12.0. The summed E-state index contributed by atoms with van der Waals surface area (Å²) >= 11 is 11.7. The van der Waals surface area contributed by atoms with Crippen molar-refractivity contribution in [2.24, 2.45) is 0 Å². The molecular weight excluding hydrogens is 263 g/mol. The van der Waals surface area contributed by atoms with Crippen molar-refractivity contribution in [3.05, 3.63) is 56.1 Å². The Kier molecular flexibility index (Phi) is 3.36. The van der Waals surface area contributed by atoms with Crippen LogP contribution in [0.5, 0.6) is 5.88 Å². The molecular formula is C11H8Cl2N2O2. The van der Waals surface area contributed by atoms with Crippen molar-refractivity contribution < 1.29 is 5.11 Å². The highest BCUT2D eigenvalue weighted by molar-refractivity contribution is 6.42. The highest BCUT2D eigenvalue weighted by atomic mass is 35.5. The molecule has 0 bridgehead atoms. The van der Waals surface area contributed by atoms with E-state index >= 15 is 0 Å². The van der Waals surface area contributed by atoms with Gasteiger partial charge in [-0.3, -0.25) is 4.79 Å². The molecule has 0 saturated heterocycles. The summed E-state index contributed by atoms with van der Waals surface area (Å²) in [5.41, 5.74) is 0.445. The topological polar surface area (TPSA) is 66.0 Å². The minimum absolute atomic E-state index is 0.302. The molecule has 0 aliphatic carbocycles. The van der Waals surface area contributed by atoms with Gasteiger partial charge >= 0.3 is 0 Å². The minimum Gasteiger partial charge on any atom is -0.493 e. The predicted octanol–water partition coefficient (Wildman–Crippen LogP) is 2.37. The van der Waals surface area contributed by atoms with E-state index in [1.807, 2.05) is 0 Å². The molecule has 2 aromatic rings. The molecule has 1 aromatic carbocycles. The molecule has 2 rings (SSSR count). The fourth-order valence-corrected chi connectivity index (χ4v) is 1.74. The Morgan fingerprint density at radius 2 is 2.00 bits per heavy atom. The first-order valence-corrected chi connectivity index (χ1v) is 5.53. The second-order valence-electron chi connectivity index (χ2n) is 3.48. The molecule has 6 heteroatoms. The van der Waals surface area contributed by atoms with Crippen molar-refractivity contribution in [2.45, 2.75) is 6.42 Å². The second-order valence-corrected chi connectivity index (χ2v) is 4.29. The molecule has 2 N–H and O–H groups in total. The van der Waals surface area contributed by atoms with E-state index in [4.69, 9.17) is 23.2 Å². The number of aromatic nitrogens is 2. The van der Waals surface area contributed by atoms with Gasteiger partial charge < -0.3 is 10.1 Å². The van der Waals surface area contributed by atoms with E-state index in [-0.39, 0.29) is 5.88 Å². The number of rotatable bonds is 2. The van der Waals surface area contributed by atoms with Gasteiger partial charge in [0.25, 0.3) is 5.56 Å². The van der Waals surface area contributed by atoms with E-state index in [1.54, 1.807) is 18.2 Å². The standard InChI is InChI=1S/C11H8Cl2N2O2/c12-7-2-1-6(3-8(7)13)4-9-14-10(16)5-11(17)15-9/h1-3,5H,4H2,(H2,14,15,16,17). The fraction of sp³-hybridized carbons (Fsp3) is 0.0909. The van der Waals surface area contributed by atoms with Crippen LogP contribution in [-0.2, 0) is 6.42 Å². The number of aromatic amines is 1. The molecule has 17 heavy (non-hydrogen) atoms. The predicted molar refractivity (Wildman–Crippen MR) is 65.8 cm³/mol. The van der Waals surface area contributed by atoms with Crippen molar-refractivity contribution in [3.8, 4) is 5.88 Å². The van der Waals surface area contributed by atoms with E-state index in [9.17, 15) is 9.90 Å². The molecule has 0 amide bonds. The van der Waals surface area contributed by atoms with Gasteiger partial charge in [-0.1, -0.05) is 29.3 Å². The lowest BCUT2D eigenvalue weighted by molar-refractivity contribution is 0.448. The quantitative estimate of drug-likeness (QED) is 0.881. The van der Waals surface area contributed by atoms with E-state index in [1.165, 1.54) is 0 Å². The third-order valence-corrected chi connectivity index (χ3v) is 2.87. The third-order valence-electron chi connectivity index (χ3n) is 2.13. The molecule has 0 aliphatic rings. The zero-order valence-corrected chi connectivity index (χ0v) is 10.1. The van der Waals surface area contributed by atoms with E-state index < -0.39 is 5.56 Å². The van der Waals surface area contributed by atoms with Crippen LogP contribution < -0.4 is 5.56 Å². The van der Waals surface area contributed by atoms with Crippen LogP contribution in [0.25, 0.3) is 0 Å². The smallest absolute Gasteiger partial charge is 0.254 e. The average molecular weight is 271 g/mol. The molecule has 0 spiro atoms. The summed E-state index contributed by atoms with van der Waals surface area (Å²) in [5, 5.41) is 10.1. The Morgan fingerprint density at radius 1 is 1.24 bits per heavy atom. The molecule has 0 fully saturated rings. The van der Waals surface area contributed by atoms with Crippen molar-refractivity contribution in [3.63, 3.8) is 0 Å². The summed E-state index contributed by atoms with van der Waals surface area (Å²) in [6, 6.07) is 6.14. The lowest BCUT2D eigenvalue weighted by Crippen LogP contribution is -2.09. The SMILES string of the molecule is O=c1cc(O)nc(Cc2ccc(Cl)c(Cl)c2)[nH]1. The Hall–Kier alpha value is -1.52. The molecule has 88 valence electrons. The summed E-state index contributed by atoms with van der Waals surface area (Å²) < 4.78 is 0. The molecule has 1 aromatic heterocycles. The Morgan fingerprint density at radius 3 is 2.65 bits per heavy atom. The Labute approximate surface area is 107 Å². The number of nitrogens with zero attached hydrogens (tertiary/aromatic N) is 1. The summed E-state index contributed by atoms with van der Waals surface area (Å²) in [4.78, 5) is 17.5. The minimum atomic E-state index is -0.396. The molecule has 4 nitrogen and oxygen atoms in total. The van der Waals surface area contributed by atoms with E-state index in [2.05, 4.69) is 9.97 Å². The normalized spacial score (nSPS) is 10.5. The van der Waals surface area contributed by atoms with Gasteiger partial charge in [-0.15, -0.1) is 0 Å². The van der Waals surface area contributed by atoms with Crippen LogP contribution in [0.2, 0.25) is 10.0 Å². The van der Waals surface area contributed by atoms with Crippen LogP contribution in [0, 0.1) is 0 Å². The Balaban J connectivity index is 2.31. The highest BCUT2D eigenvalue weighted by Crippen LogP contribution is 2.23. The summed E-state index contributed by atoms with van der Waals surface area (Å²) in [6.07, 6.45) is 0.362. The van der Waals surface area contributed by atoms with Gasteiger partial charge in [-0.05, 0) is 17.7 Å². The largest absolute Gasteiger partial charge is 0.493 e. The summed E-state index contributed by atoms with van der Waals surface area (Å²) in [6.45, 7) is 0. The van der Waals surface area contributed by atoms with E-state index in [0.29, 0.717) is 22.3 Å². The van der Waals surface area contributed by atoms with Crippen molar-refractivity contribution in [1.29, 1.82) is 0 Å². The van der Waals surface area contributed by atoms with Crippen molar-refractivity contribution in [1.82, 2.24) is 9.97 Å². The van der Waals surface area contributed by atoms with Crippen molar-refractivity contribution in [2.75, 3.05) is 0 Å². The summed E-state index contributed by atoms with van der Waals surface area (Å²) in [7, 11) is 0. The van der Waals surface area contributed by atoms with Crippen LogP contribution in [-0.4, -0.2) is 15.1 Å². The van der Waals surface area contributed by atoms with Gasteiger partial charge in [0.05, 0.1) is 16.1 Å². The zero-order chi connectivity index (χ0) is 12.4. The number of halogens is 2. The number of hydrogen-bond acceptors (Lipinski definition) is 3. The Bertz CT molecular complexity index is 611. The summed E-state index contributed by atoms with van der Waals surface area (Å²) in [5.74, 6) is 0.0669. The molecule has 0 saturated carbocycles. The van der Waals surface area contributed by atoms with Gasteiger partial charge in [0.1, 0.15) is 5.82 Å². The highest BCUT2D eigenvalue weighted by Gasteiger charge is 2.04. The average Bonchev–Trinajstić information content (AvgIpc) is 2.22. The lowest BCUT2D eigenvalue weighted by atomic mass is 10.1. The second kappa shape index (κ2) is 4.77. The van der Waals surface area contributed by atoms with Crippen LogP contribution >= 0.6 is 23.2 Å².